The standard InChI is InChI=1S/C6H11NO2.C3H7NO2/c8-6(9)5-3-1-2-4-7-5;1-2-6-3(4)5/h5,7H,1-4H2,(H,8,9);2H2,1H3,(H2,4,5). The molecule has 0 bridgehead atoms. The van der Waals surface area contributed by atoms with Gasteiger partial charge < -0.3 is 20.9 Å². The van der Waals surface area contributed by atoms with Crippen LogP contribution in [0.4, 0.5) is 4.79 Å². The molecule has 6 nitrogen and oxygen atoms in total. The largest absolute Gasteiger partial charge is 0.480 e. The van der Waals surface area contributed by atoms with E-state index in [0.717, 1.165) is 25.8 Å². The highest BCUT2D eigenvalue weighted by Crippen LogP contribution is 2.05. The number of carbonyl (C=O) groups excluding carboxylic acids is 1. The summed E-state index contributed by atoms with van der Waals surface area (Å²) in [6.07, 6.45) is 2.24. The molecule has 0 saturated carbocycles. The molecule has 4 N–H and O–H groups in total. The number of aliphatic carboxylic acids is 1. The van der Waals surface area contributed by atoms with Gasteiger partial charge in [0.05, 0.1) is 6.61 Å². The quantitative estimate of drug-likeness (QED) is 0.619. The van der Waals surface area contributed by atoms with Crippen LogP contribution in [0.5, 0.6) is 0 Å². The summed E-state index contributed by atoms with van der Waals surface area (Å²) in [5, 5.41) is 11.4. The van der Waals surface area contributed by atoms with Gasteiger partial charge in [-0.15, -0.1) is 0 Å². The molecule has 15 heavy (non-hydrogen) atoms. The second kappa shape index (κ2) is 8.05. The zero-order valence-corrected chi connectivity index (χ0v) is 8.86. The molecule has 1 aliphatic heterocycles. The first-order valence-electron chi connectivity index (χ1n) is 4.96. The van der Waals surface area contributed by atoms with E-state index in [1.165, 1.54) is 0 Å². The van der Waals surface area contributed by atoms with Crippen molar-refractivity contribution in [3.63, 3.8) is 0 Å². The van der Waals surface area contributed by atoms with Gasteiger partial charge in [-0.25, -0.2) is 4.79 Å². The summed E-state index contributed by atoms with van der Waals surface area (Å²) in [6.45, 7) is 2.91. The van der Waals surface area contributed by atoms with E-state index in [1.807, 2.05) is 0 Å². The first-order valence-corrected chi connectivity index (χ1v) is 4.96. The second-order valence-electron chi connectivity index (χ2n) is 3.09. The second-order valence-corrected chi connectivity index (χ2v) is 3.09. The highest BCUT2D eigenvalue weighted by molar-refractivity contribution is 5.73. The van der Waals surface area contributed by atoms with E-state index in [-0.39, 0.29) is 6.04 Å². The molecular weight excluding hydrogens is 200 g/mol. The molecule has 1 heterocycles. The third kappa shape index (κ3) is 7.75. The number of carboxylic acid groups (broad SMARTS) is 1. The Hall–Kier alpha value is -1.30. The van der Waals surface area contributed by atoms with E-state index in [0.29, 0.717) is 6.61 Å². The number of rotatable bonds is 2. The van der Waals surface area contributed by atoms with Crippen LogP contribution in [0.1, 0.15) is 26.2 Å². The molecule has 0 radical (unpaired) electrons. The van der Waals surface area contributed by atoms with Crippen molar-refractivity contribution in [2.75, 3.05) is 13.2 Å². The molecule has 1 aliphatic rings. The SMILES string of the molecule is CCOC(N)=O.O=C(O)C1CCCCN1. The Morgan fingerprint density at radius 1 is 1.53 bits per heavy atom. The maximum atomic E-state index is 10.3. The number of hydrogen-bond donors (Lipinski definition) is 3. The van der Waals surface area contributed by atoms with E-state index >= 15 is 0 Å². The Labute approximate surface area is 88.8 Å². The summed E-state index contributed by atoms with van der Waals surface area (Å²) >= 11 is 0. The lowest BCUT2D eigenvalue weighted by atomic mass is 10.1. The van der Waals surface area contributed by atoms with E-state index in [4.69, 9.17) is 5.11 Å². The summed E-state index contributed by atoms with van der Waals surface area (Å²) in [4.78, 5) is 19.9. The van der Waals surface area contributed by atoms with Crippen LogP contribution in [0.25, 0.3) is 0 Å². The molecule has 6 heteroatoms. The van der Waals surface area contributed by atoms with Gasteiger partial charge in [0.1, 0.15) is 6.04 Å². The number of carbonyl (C=O) groups is 2. The van der Waals surface area contributed by atoms with Gasteiger partial charge in [-0.3, -0.25) is 4.79 Å². The zero-order chi connectivity index (χ0) is 11.7. The molecule has 0 aliphatic carbocycles. The average molecular weight is 218 g/mol. The third-order valence-electron chi connectivity index (χ3n) is 1.90. The van der Waals surface area contributed by atoms with E-state index < -0.39 is 12.1 Å². The lowest BCUT2D eigenvalue weighted by Gasteiger charge is -2.18. The fraction of sp³-hybridized carbons (Fsp3) is 0.778. The number of primary amides is 1. The van der Waals surface area contributed by atoms with Gasteiger partial charge in [-0.2, -0.15) is 0 Å². The molecule has 0 aromatic rings. The normalized spacial score (nSPS) is 19.7. The highest BCUT2D eigenvalue weighted by atomic mass is 16.5. The average Bonchev–Trinajstić information content (AvgIpc) is 2.20. The van der Waals surface area contributed by atoms with Gasteiger partial charge in [0.25, 0.3) is 0 Å². The number of nitrogens with two attached hydrogens (primary N) is 1. The third-order valence-corrected chi connectivity index (χ3v) is 1.90. The minimum absolute atomic E-state index is 0.279. The Bertz CT molecular complexity index is 202. The predicted molar refractivity (Wildman–Crippen MR) is 54.5 cm³/mol. The summed E-state index contributed by atoms with van der Waals surface area (Å²) in [7, 11) is 0. The first-order chi connectivity index (χ1) is 7.07. The van der Waals surface area contributed by atoms with Gasteiger partial charge in [0, 0.05) is 0 Å². The van der Waals surface area contributed by atoms with E-state index in [9.17, 15) is 9.59 Å². The maximum absolute atomic E-state index is 10.3. The summed E-state index contributed by atoms with van der Waals surface area (Å²) in [5.41, 5.74) is 4.54. The number of ether oxygens (including phenoxy) is 1. The van der Waals surface area contributed by atoms with Gasteiger partial charge in [-0.05, 0) is 26.3 Å². The first kappa shape index (κ1) is 13.7. The molecule has 88 valence electrons. The van der Waals surface area contributed by atoms with Crippen LogP contribution in [0.15, 0.2) is 0 Å². The Morgan fingerprint density at radius 3 is 2.40 bits per heavy atom. The van der Waals surface area contributed by atoms with Crippen LogP contribution in [0.2, 0.25) is 0 Å². The summed E-state index contributed by atoms with van der Waals surface area (Å²) in [5.74, 6) is -0.713. The molecule has 1 saturated heterocycles. The van der Waals surface area contributed by atoms with Crippen LogP contribution in [-0.2, 0) is 9.53 Å². The van der Waals surface area contributed by atoms with Gasteiger partial charge in [0.2, 0.25) is 0 Å². The number of hydrogen-bond acceptors (Lipinski definition) is 4. The van der Waals surface area contributed by atoms with Gasteiger partial charge >= 0.3 is 12.1 Å². The summed E-state index contributed by atoms with van der Waals surface area (Å²) in [6, 6.07) is -0.279. The van der Waals surface area contributed by atoms with Crippen molar-refractivity contribution in [1.29, 1.82) is 0 Å². The van der Waals surface area contributed by atoms with Crippen molar-refractivity contribution in [3.05, 3.63) is 0 Å². The highest BCUT2D eigenvalue weighted by Gasteiger charge is 2.18. The molecule has 1 rings (SSSR count). The van der Waals surface area contributed by atoms with Crippen LogP contribution in [-0.4, -0.2) is 36.4 Å². The Kier molecular flexibility index (Phi) is 7.35. The van der Waals surface area contributed by atoms with Crippen LogP contribution < -0.4 is 11.1 Å². The van der Waals surface area contributed by atoms with Gasteiger partial charge in [0.15, 0.2) is 0 Å². The maximum Gasteiger partial charge on any atom is 0.404 e. The molecule has 1 fully saturated rings. The molecule has 1 atom stereocenters. The summed E-state index contributed by atoms with van der Waals surface area (Å²) < 4.78 is 4.18. The van der Waals surface area contributed by atoms with Crippen molar-refractivity contribution in [3.8, 4) is 0 Å². The van der Waals surface area contributed by atoms with Crippen LogP contribution in [0, 0.1) is 0 Å². The fourth-order valence-corrected chi connectivity index (χ4v) is 1.20. The van der Waals surface area contributed by atoms with Crippen molar-refractivity contribution < 1.29 is 19.4 Å². The lowest BCUT2D eigenvalue weighted by Crippen LogP contribution is -2.40. The Morgan fingerprint density at radius 2 is 2.20 bits per heavy atom. The topological polar surface area (TPSA) is 102 Å². The number of carboxylic acids is 1. The Balaban J connectivity index is 0.000000288. The van der Waals surface area contributed by atoms with E-state index in [2.05, 4.69) is 15.8 Å². The predicted octanol–water partition coefficient (Wildman–Crippen LogP) is 0.315. The van der Waals surface area contributed by atoms with Crippen molar-refractivity contribution >= 4 is 12.1 Å². The van der Waals surface area contributed by atoms with Crippen LogP contribution >= 0.6 is 0 Å². The number of nitrogens with one attached hydrogen (secondary N) is 1. The zero-order valence-electron chi connectivity index (χ0n) is 8.86. The molecular formula is C9H18N2O4. The molecule has 0 spiro atoms. The fourth-order valence-electron chi connectivity index (χ4n) is 1.20. The smallest absolute Gasteiger partial charge is 0.404 e. The number of piperidine rings is 1. The molecule has 1 unspecified atom stereocenters. The van der Waals surface area contributed by atoms with Crippen molar-refractivity contribution in [2.45, 2.75) is 32.2 Å². The monoisotopic (exact) mass is 218 g/mol. The number of amides is 1. The lowest BCUT2D eigenvalue weighted by molar-refractivity contribution is -0.140. The van der Waals surface area contributed by atoms with Crippen molar-refractivity contribution in [2.24, 2.45) is 5.73 Å². The van der Waals surface area contributed by atoms with E-state index in [1.54, 1.807) is 6.92 Å². The van der Waals surface area contributed by atoms with Gasteiger partial charge in [-0.1, -0.05) is 6.42 Å². The molecule has 0 aromatic carbocycles. The molecule has 0 aromatic heterocycles. The minimum atomic E-state index is -0.713. The molecule has 1 amide bonds. The minimum Gasteiger partial charge on any atom is -0.480 e. The van der Waals surface area contributed by atoms with Crippen molar-refractivity contribution in [1.82, 2.24) is 5.32 Å². The van der Waals surface area contributed by atoms with Crippen LogP contribution in [0.3, 0.4) is 0 Å².